The second kappa shape index (κ2) is 57.1. The molecule has 0 spiro atoms. The maximum absolute atomic E-state index is 15.1. The molecule has 2 unspecified atom stereocenters. The number of nitrogens with two attached hydrogens (primary N) is 2. The first-order valence-electron chi connectivity index (χ1n) is 44.5. The largest absolute Gasteiger partial charge is 0.508 e. The van der Waals surface area contributed by atoms with Gasteiger partial charge in [0.05, 0.1) is 81.6 Å². The predicted octanol–water partition coefficient (Wildman–Crippen LogP) is 11.9. The Balaban J connectivity index is 0.947. The highest BCUT2D eigenvalue weighted by Crippen LogP contribution is 2.38. The zero-order valence-electron chi connectivity index (χ0n) is 75.9. The molecule has 6 rings (SSSR count). The number of aliphatic imine (C=N–C) groups is 1. The third-order valence-electron chi connectivity index (χ3n) is 22.9. The topological polar surface area (TPSA) is 461 Å². The number of piperidine rings is 2. The number of nitrogens with one attached hydrogen (secondary N) is 3. The van der Waals surface area contributed by atoms with E-state index in [1.807, 2.05) is 76.9 Å². The van der Waals surface area contributed by atoms with Crippen molar-refractivity contribution in [2.45, 2.75) is 239 Å². The van der Waals surface area contributed by atoms with Gasteiger partial charge in [-0.25, -0.2) is 9.78 Å². The molecule has 0 radical (unpaired) electrons. The van der Waals surface area contributed by atoms with E-state index >= 15 is 4.79 Å². The number of nitrogens with zero attached hydrogens (tertiary/aromatic N) is 5. The summed E-state index contributed by atoms with van der Waals surface area (Å²) in [6, 6.07) is 15.8. The number of likely N-dealkylation sites (N-methyl/N-ethyl adjacent to an activating group) is 1. The van der Waals surface area contributed by atoms with E-state index in [1.54, 1.807) is 32.0 Å². The second-order valence-corrected chi connectivity index (χ2v) is 37.2. The van der Waals surface area contributed by atoms with Crippen molar-refractivity contribution in [1.29, 1.82) is 0 Å². The molecule has 720 valence electrons. The molecule has 32 nitrogen and oxygen atoms in total. The minimum absolute atomic E-state index is 0.00571. The molecule has 2 aliphatic rings. The number of guanidine groups is 1. The number of amides is 4. The number of thiazole rings is 1. The SMILES string of the molecule is CCCC(=O)OCN(C(=O)C(CC(=O)[C@H]1CCCCN1C)[C@@H](C)CC)[C@H](C[C@@H](OC(C)=O)c1nc(C(=O)N[C@@H](Cc2ccc(O)cc2)C[C@H](C)C(=O)CNC(=O)OCCSSC[C@H](CC(=O)[C@@H](CC(=O)O)NC(=O)C(CCCN=C(N)N)CC(=O)CCOCCOCCCC(=O)CN2CCC[C@H](OCc3cc(C)cc(C(F)(F)F)c3)[C@@H]2c2ccccc2)C(=O)O)cs1)C(C)C. The molecule has 1 aromatic heterocycles. The first-order valence-corrected chi connectivity index (χ1v) is 47.9. The maximum atomic E-state index is 15.1. The number of rotatable bonds is 61. The summed E-state index contributed by atoms with van der Waals surface area (Å²) in [5.41, 5.74) is 12.7. The van der Waals surface area contributed by atoms with Gasteiger partial charge >= 0.3 is 36.1 Å². The third kappa shape index (κ3) is 39.2. The van der Waals surface area contributed by atoms with Gasteiger partial charge < -0.3 is 76.1 Å². The van der Waals surface area contributed by atoms with Gasteiger partial charge in [0, 0.05) is 112 Å². The van der Waals surface area contributed by atoms with Gasteiger partial charge in [-0.2, -0.15) is 13.2 Å². The van der Waals surface area contributed by atoms with Gasteiger partial charge in [0.15, 0.2) is 36.1 Å². The van der Waals surface area contributed by atoms with E-state index in [0.717, 1.165) is 70.0 Å². The minimum Gasteiger partial charge on any atom is -0.508 e. The summed E-state index contributed by atoms with van der Waals surface area (Å²) in [5.74, 6) is -12.6. The molecular formula is C92H131F3N10O22S3. The van der Waals surface area contributed by atoms with Gasteiger partial charge in [0.1, 0.15) is 34.6 Å². The van der Waals surface area contributed by atoms with Gasteiger partial charge in [0.25, 0.3) is 5.91 Å². The maximum Gasteiger partial charge on any atom is 0.416 e. The van der Waals surface area contributed by atoms with Crippen molar-refractivity contribution >= 4 is 115 Å². The zero-order chi connectivity index (χ0) is 95.6. The number of alkyl halides is 3. The number of carbonyl (C=O) groups is 13. The number of aromatic nitrogens is 1. The molecule has 4 amide bonds. The van der Waals surface area contributed by atoms with Crippen LogP contribution in [-0.2, 0) is 100 Å². The summed E-state index contributed by atoms with van der Waals surface area (Å²) in [6.07, 6.45) is -2.94. The number of aromatic hydroxyl groups is 1. The van der Waals surface area contributed by atoms with Crippen molar-refractivity contribution in [1.82, 2.24) is 35.6 Å². The fourth-order valence-corrected chi connectivity index (χ4v) is 18.7. The number of alkyl carbamates (subject to hydrolysis) is 1. The van der Waals surface area contributed by atoms with Crippen LogP contribution in [0.15, 0.2) is 83.2 Å². The average Bonchev–Trinajstić information content (AvgIpc) is 0.950. The smallest absolute Gasteiger partial charge is 0.416 e. The molecule has 12 atom stereocenters. The van der Waals surface area contributed by atoms with Crippen LogP contribution in [0.5, 0.6) is 5.75 Å². The van der Waals surface area contributed by atoms with Crippen molar-refractivity contribution in [3.63, 3.8) is 0 Å². The molecule has 0 aliphatic carbocycles. The number of aliphatic carboxylic acids is 2. The lowest BCUT2D eigenvalue weighted by Crippen LogP contribution is -2.50. The molecule has 38 heteroatoms. The zero-order valence-corrected chi connectivity index (χ0v) is 78.3. The summed E-state index contributed by atoms with van der Waals surface area (Å²) < 4.78 is 75.6. The number of likely N-dealkylation sites (tertiary alicyclic amines) is 2. The number of hydrogen-bond donors (Lipinski definition) is 8. The molecule has 130 heavy (non-hydrogen) atoms. The van der Waals surface area contributed by atoms with Crippen molar-refractivity contribution in [2.75, 3.05) is 91.0 Å². The van der Waals surface area contributed by atoms with Gasteiger partial charge in [-0.3, -0.25) is 72.3 Å². The van der Waals surface area contributed by atoms with E-state index in [9.17, 15) is 86.0 Å². The average molecular weight is 1880 g/mol. The van der Waals surface area contributed by atoms with Crippen LogP contribution in [0, 0.1) is 42.4 Å². The van der Waals surface area contributed by atoms with Crippen LogP contribution in [0.1, 0.15) is 226 Å². The molecule has 3 aromatic carbocycles. The van der Waals surface area contributed by atoms with Crippen LogP contribution in [-0.4, -0.2) is 239 Å². The van der Waals surface area contributed by atoms with Gasteiger partial charge in [-0.05, 0) is 144 Å². The fourth-order valence-electron chi connectivity index (χ4n) is 15.7. The predicted molar refractivity (Wildman–Crippen MR) is 485 cm³/mol. The Morgan fingerprint density at radius 3 is 2.15 bits per heavy atom. The summed E-state index contributed by atoms with van der Waals surface area (Å²) in [6.45, 7) is 14.7. The van der Waals surface area contributed by atoms with Crippen LogP contribution in [0.4, 0.5) is 18.0 Å². The Kier molecular flexibility index (Phi) is 48.0. The highest BCUT2D eigenvalue weighted by Gasteiger charge is 2.42. The first-order chi connectivity index (χ1) is 61.8. The second-order valence-electron chi connectivity index (χ2n) is 33.7. The number of ether oxygens (including phenoxy) is 6. The van der Waals surface area contributed by atoms with Crippen molar-refractivity contribution < 1.29 is 119 Å². The van der Waals surface area contributed by atoms with Crippen molar-refractivity contribution in [2.24, 2.45) is 52.0 Å². The Morgan fingerprint density at radius 1 is 0.762 bits per heavy atom. The summed E-state index contributed by atoms with van der Waals surface area (Å²) in [4.78, 5) is 189. The molecule has 2 saturated heterocycles. The number of hydrogen-bond acceptors (Lipinski definition) is 27. The number of halogens is 3. The van der Waals surface area contributed by atoms with Crippen LogP contribution < -0.4 is 27.4 Å². The Labute approximate surface area is 770 Å². The van der Waals surface area contributed by atoms with E-state index < -0.39 is 145 Å². The van der Waals surface area contributed by atoms with Crippen molar-refractivity contribution in [3.05, 3.63) is 117 Å². The third-order valence-corrected chi connectivity index (χ3v) is 26.3. The summed E-state index contributed by atoms with van der Waals surface area (Å²) in [5, 5.41) is 39.7. The Hall–Kier alpha value is -9.44. The van der Waals surface area contributed by atoms with E-state index in [0.29, 0.717) is 61.8 Å². The number of phenolic OH excluding ortho intramolecular Hbond substituents is 1. The fraction of sp³-hybridized carbons (Fsp3) is 0.620. The number of benzene rings is 3. The molecule has 2 aliphatic heterocycles. The Morgan fingerprint density at radius 2 is 1.48 bits per heavy atom. The molecule has 0 bridgehead atoms. The van der Waals surface area contributed by atoms with E-state index in [4.69, 9.17) is 39.9 Å². The van der Waals surface area contributed by atoms with Crippen LogP contribution in [0.25, 0.3) is 0 Å². The van der Waals surface area contributed by atoms with E-state index in [2.05, 4.69) is 30.8 Å². The molecule has 10 N–H and O–H groups in total. The molecule has 3 heterocycles. The van der Waals surface area contributed by atoms with E-state index in [1.165, 1.54) is 29.3 Å². The molecular weight excluding hydrogens is 1750 g/mol. The molecule has 2 fully saturated rings. The standard InChI is InChI=1S/C92H131F3N10O22S3/c1-10-20-83(115)126-56-105(88(118)72(59(6)11-2)48-78(111)75-25-15-16-33-103(75)9)76(57(3)4)50-81(127-61(8)106)87-102-74(55-128-87)86(117)100-68(45-62-27-29-69(107)30-28-62)43-60(7)79(112)51-99-91(121)124-39-40-129-130-54-66(89(119)120)47-77(110)73(49-82(113)114)101-85(116)65(23-17-32-98-90(96)97)46-70(108)31-36-123-38-37-122-35-19-24-71(109)52-104-34-18-26-80(84(104)64-21-13-12-14-22-64)125-53-63-41-58(5)42-67(44-63)92(93,94)95/h12-14,21-22,27-30,41-42,44,55,57,59-60,65-66,68,72-73,75-76,80-81,84,107H,10-11,15-20,23-26,31-40,43,45-54,56H2,1-9H3,(H,99,121)(H,100,117)(H,101,116)(H,113,114)(H,119,120)(H4,96,97,98)/t59-,60-,65?,66-,68+,72?,73+,75+,76+,80-,81+,84-/m0/s1. The number of phenols is 1. The number of carboxylic acid groups (broad SMARTS) is 2. The first kappa shape index (κ1) is 109. The number of Topliss-reactive ketones (excluding diaryl/α,β-unsaturated/α-hetero) is 5. The quantitative estimate of drug-likeness (QED) is 0.00387. The highest BCUT2D eigenvalue weighted by molar-refractivity contribution is 8.76. The number of aryl methyl sites for hydroxylation is 1. The summed E-state index contributed by atoms with van der Waals surface area (Å²) >= 11 is 1.04. The van der Waals surface area contributed by atoms with Crippen molar-refractivity contribution in [3.8, 4) is 5.75 Å². The molecule has 4 aromatic rings. The van der Waals surface area contributed by atoms with Gasteiger partial charge in [-0.1, -0.05) is 130 Å². The lowest BCUT2D eigenvalue weighted by molar-refractivity contribution is -0.162. The van der Waals surface area contributed by atoms with Crippen LogP contribution >= 0.6 is 32.9 Å². The van der Waals surface area contributed by atoms with Crippen LogP contribution in [0.3, 0.4) is 0 Å². The number of esters is 2. The number of carbonyl (C=O) groups excluding carboxylic acids is 11. The molecule has 0 saturated carbocycles. The minimum atomic E-state index is -4.50. The lowest BCUT2D eigenvalue weighted by atomic mass is 9.82. The number of ketones is 5. The lowest BCUT2D eigenvalue weighted by Gasteiger charge is -2.41. The Bertz CT molecular complexity index is 4350. The van der Waals surface area contributed by atoms with E-state index in [-0.39, 0.29) is 198 Å². The van der Waals surface area contributed by atoms with Gasteiger partial charge in [-0.15, -0.1) is 11.3 Å². The number of carboxylic acids is 2. The summed E-state index contributed by atoms with van der Waals surface area (Å²) in [7, 11) is 4.02. The monoisotopic (exact) mass is 1880 g/mol. The normalized spacial score (nSPS) is 17.0. The highest BCUT2D eigenvalue weighted by atomic mass is 33.1. The van der Waals surface area contributed by atoms with Crippen LogP contribution in [0.2, 0.25) is 0 Å². The van der Waals surface area contributed by atoms with Gasteiger partial charge in [0.2, 0.25) is 11.8 Å².